The van der Waals surface area contributed by atoms with Crippen LogP contribution in [0, 0.1) is 5.82 Å². The number of halogens is 1. The van der Waals surface area contributed by atoms with E-state index in [-0.39, 0.29) is 11.7 Å². The van der Waals surface area contributed by atoms with Gasteiger partial charge in [0.15, 0.2) is 0 Å². The molecule has 0 aliphatic carbocycles. The normalized spacial score (nSPS) is 13.7. The average Bonchev–Trinajstić information content (AvgIpc) is 3.21. The van der Waals surface area contributed by atoms with Crippen LogP contribution in [0.4, 0.5) is 15.8 Å². The Balaban J connectivity index is 1.38. The number of fused-ring (bicyclic) bond motifs is 2. The van der Waals surface area contributed by atoms with Gasteiger partial charge in [-0.15, -0.1) is 0 Å². The number of nitrogens with one attached hydrogen (secondary N) is 2. The third-order valence-corrected chi connectivity index (χ3v) is 6.86. The molecule has 7 nitrogen and oxygen atoms in total. The number of carbonyl (C=O) groups excluding carboxylic acids is 1. The molecule has 9 heteroatoms. The van der Waals surface area contributed by atoms with Crippen molar-refractivity contribution in [2.45, 2.75) is 12.8 Å². The SMILES string of the molecule is CS(=O)(=O)N1CCCc2cc(C(=O)Nc3ccc4nc(-c5ccc(F)cc5)[nH]c4c3)ccc21. The standard InChI is InChI=1S/C24H21FN4O3S/c1-33(31,32)29-12-2-3-16-13-17(6-11-22(16)29)24(30)26-19-9-10-20-21(14-19)28-23(27-20)15-4-7-18(25)8-5-15/h4-11,13-14H,2-3,12H2,1H3,(H,26,30)(H,27,28). The Morgan fingerprint density at radius 3 is 2.64 bits per heavy atom. The number of anilines is 2. The summed E-state index contributed by atoms with van der Waals surface area (Å²) in [5.41, 5.74) is 4.75. The predicted molar refractivity (Wildman–Crippen MR) is 126 cm³/mol. The molecule has 0 fully saturated rings. The maximum atomic E-state index is 13.2. The number of hydrogen-bond donors (Lipinski definition) is 2. The highest BCUT2D eigenvalue weighted by Crippen LogP contribution is 2.30. The smallest absolute Gasteiger partial charge is 0.255 e. The Labute approximate surface area is 190 Å². The summed E-state index contributed by atoms with van der Waals surface area (Å²) in [6.45, 7) is 0.446. The fourth-order valence-electron chi connectivity index (χ4n) is 4.08. The van der Waals surface area contributed by atoms with E-state index in [1.165, 1.54) is 22.7 Å². The monoisotopic (exact) mass is 464 g/mol. The number of rotatable bonds is 4. The van der Waals surface area contributed by atoms with E-state index in [9.17, 15) is 17.6 Å². The van der Waals surface area contributed by atoms with Crippen LogP contribution in [0.15, 0.2) is 60.7 Å². The van der Waals surface area contributed by atoms with Gasteiger partial charge in [-0.1, -0.05) is 0 Å². The van der Waals surface area contributed by atoms with E-state index in [4.69, 9.17) is 0 Å². The molecule has 4 aromatic rings. The van der Waals surface area contributed by atoms with Gasteiger partial charge < -0.3 is 10.3 Å². The highest BCUT2D eigenvalue weighted by Gasteiger charge is 2.24. The van der Waals surface area contributed by atoms with Gasteiger partial charge in [-0.2, -0.15) is 0 Å². The predicted octanol–water partition coefficient (Wildman–Crippen LogP) is 4.33. The van der Waals surface area contributed by atoms with Crippen LogP contribution in [-0.2, 0) is 16.4 Å². The van der Waals surface area contributed by atoms with Gasteiger partial charge >= 0.3 is 0 Å². The molecule has 3 aromatic carbocycles. The zero-order chi connectivity index (χ0) is 23.2. The fourth-order valence-corrected chi connectivity index (χ4v) is 5.08. The van der Waals surface area contributed by atoms with Gasteiger partial charge in [0.25, 0.3) is 5.91 Å². The van der Waals surface area contributed by atoms with Crippen LogP contribution >= 0.6 is 0 Å². The van der Waals surface area contributed by atoms with Crippen molar-refractivity contribution >= 4 is 38.3 Å². The molecule has 0 atom stereocenters. The number of aryl methyl sites for hydroxylation is 1. The minimum absolute atomic E-state index is 0.285. The maximum absolute atomic E-state index is 13.2. The molecule has 1 amide bonds. The van der Waals surface area contributed by atoms with E-state index < -0.39 is 10.0 Å². The third-order valence-electron chi connectivity index (χ3n) is 5.68. The fraction of sp³-hybridized carbons (Fsp3) is 0.167. The summed E-state index contributed by atoms with van der Waals surface area (Å²) in [5, 5.41) is 2.89. The first-order valence-corrected chi connectivity index (χ1v) is 12.3. The molecule has 1 aliphatic heterocycles. The van der Waals surface area contributed by atoms with Crippen LogP contribution in [0.1, 0.15) is 22.3 Å². The molecule has 1 aliphatic rings. The molecule has 0 unspecified atom stereocenters. The minimum atomic E-state index is -3.36. The minimum Gasteiger partial charge on any atom is -0.338 e. The Morgan fingerprint density at radius 2 is 1.88 bits per heavy atom. The van der Waals surface area contributed by atoms with Crippen LogP contribution in [0.25, 0.3) is 22.4 Å². The van der Waals surface area contributed by atoms with E-state index in [2.05, 4.69) is 15.3 Å². The van der Waals surface area contributed by atoms with Crippen molar-refractivity contribution in [3.8, 4) is 11.4 Å². The first kappa shape index (κ1) is 21.1. The van der Waals surface area contributed by atoms with Crippen molar-refractivity contribution in [1.82, 2.24) is 9.97 Å². The van der Waals surface area contributed by atoms with Gasteiger partial charge in [0.2, 0.25) is 10.0 Å². The molecule has 5 rings (SSSR count). The van der Waals surface area contributed by atoms with Crippen LogP contribution in [0.5, 0.6) is 0 Å². The first-order chi connectivity index (χ1) is 15.8. The molecule has 0 radical (unpaired) electrons. The maximum Gasteiger partial charge on any atom is 0.255 e. The molecule has 0 bridgehead atoms. The molecule has 2 N–H and O–H groups in total. The van der Waals surface area contributed by atoms with E-state index in [0.29, 0.717) is 35.7 Å². The Morgan fingerprint density at radius 1 is 1.09 bits per heavy atom. The first-order valence-electron chi connectivity index (χ1n) is 10.5. The van der Waals surface area contributed by atoms with E-state index in [0.717, 1.165) is 28.6 Å². The number of benzene rings is 3. The lowest BCUT2D eigenvalue weighted by Gasteiger charge is -2.29. The van der Waals surface area contributed by atoms with E-state index >= 15 is 0 Å². The molecule has 0 saturated carbocycles. The van der Waals surface area contributed by atoms with Crippen molar-refractivity contribution < 1.29 is 17.6 Å². The number of carbonyl (C=O) groups is 1. The molecule has 168 valence electrons. The summed E-state index contributed by atoms with van der Waals surface area (Å²) in [6, 6.07) is 16.5. The Kier molecular flexibility index (Phi) is 5.13. The van der Waals surface area contributed by atoms with Crippen molar-refractivity contribution in [2.75, 3.05) is 22.4 Å². The molecular formula is C24H21FN4O3S. The van der Waals surface area contributed by atoms with Crippen molar-refractivity contribution in [1.29, 1.82) is 0 Å². The third kappa shape index (κ3) is 4.19. The largest absolute Gasteiger partial charge is 0.338 e. The number of nitrogens with zero attached hydrogens (tertiary/aromatic N) is 2. The number of imidazole rings is 1. The van der Waals surface area contributed by atoms with Crippen molar-refractivity contribution in [3.05, 3.63) is 77.6 Å². The summed E-state index contributed by atoms with van der Waals surface area (Å²) in [6.07, 6.45) is 2.61. The lowest BCUT2D eigenvalue weighted by molar-refractivity contribution is 0.102. The van der Waals surface area contributed by atoms with Gasteiger partial charge in [-0.25, -0.2) is 17.8 Å². The van der Waals surface area contributed by atoms with Gasteiger partial charge in [0, 0.05) is 23.4 Å². The second kappa shape index (κ2) is 8.00. The Bertz CT molecular complexity index is 1480. The lowest BCUT2D eigenvalue weighted by Crippen LogP contribution is -2.34. The molecule has 0 spiro atoms. The van der Waals surface area contributed by atoms with Crippen LogP contribution < -0.4 is 9.62 Å². The Hall–Kier alpha value is -3.72. The molecule has 2 heterocycles. The van der Waals surface area contributed by atoms with E-state index in [1.807, 2.05) is 0 Å². The molecule has 1 aromatic heterocycles. The zero-order valence-electron chi connectivity index (χ0n) is 17.8. The zero-order valence-corrected chi connectivity index (χ0v) is 18.6. The van der Waals surface area contributed by atoms with Gasteiger partial charge in [0.05, 0.1) is 23.0 Å². The van der Waals surface area contributed by atoms with Crippen LogP contribution in [-0.4, -0.2) is 37.1 Å². The summed E-state index contributed by atoms with van der Waals surface area (Å²) in [7, 11) is -3.36. The molecular weight excluding hydrogens is 443 g/mol. The quantitative estimate of drug-likeness (QED) is 0.470. The summed E-state index contributed by atoms with van der Waals surface area (Å²) in [5.74, 6) is 0.0107. The lowest BCUT2D eigenvalue weighted by atomic mass is 10.0. The van der Waals surface area contributed by atoms with E-state index in [1.54, 1.807) is 48.5 Å². The number of aromatic amines is 1. The topological polar surface area (TPSA) is 95.2 Å². The number of sulfonamides is 1. The summed E-state index contributed by atoms with van der Waals surface area (Å²) < 4.78 is 38.7. The van der Waals surface area contributed by atoms with Gasteiger partial charge in [0.1, 0.15) is 11.6 Å². The summed E-state index contributed by atoms with van der Waals surface area (Å²) >= 11 is 0. The number of H-pyrrole nitrogens is 1. The number of aromatic nitrogens is 2. The van der Waals surface area contributed by atoms with Crippen molar-refractivity contribution in [3.63, 3.8) is 0 Å². The highest BCUT2D eigenvalue weighted by molar-refractivity contribution is 7.92. The molecule has 33 heavy (non-hydrogen) atoms. The summed E-state index contributed by atoms with van der Waals surface area (Å²) in [4.78, 5) is 20.6. The number of hydrogen-bond acceptors (Lipinski definition) is 4. The second-order valence-corrected chi connectivity index (χ2v) is 9.97. The average molecular weight is 465 g/mol. The highest BCUT2D eigenvalue weighted by atomic mass is 32.2. The second-order valence-electron chi connectivity index (χ2n) is 8.06. The van der Waals surface area contributed by atoms with Crippen LogP contribution in [0.2, 0.25) is 0 Å². The van der Waals surface area contributed by atoms with Crippen LogP contribution in [0.3, 0.4) is 0 Å². The number of amides is 1. The van der Waals surface area contributed by atoms with Gasteiger partial charge in [-0.3, -0.25) is 9.10 Å². The molecule has 0 saturated heterocycles. The van der Waals surface area contributed by atoms with Gasteiger partial charge in [-0.05, 0) is 79.1 Å². The van der Waals surface area contributed by atoms with Crippen molar-refractivity contribution in [2.24, 2.45) is 0 Å².